The van der Waals surface area contributed by atoms with Crippen molar-refractivity contribution in [3.8, 4) is 11.6 Å². The summed E-state index contributed by atoms with van der Waals surface area (Å²) in [6.07, 6.45) is 1.65. The van der Waals surface area contributed by atoms with Crippen molar-refractivity contribution in [1.29, 1.82) is 0 Å². The van der Waals surface area contributed by atoms with Gasteiger partial charge in [-0.25, -0.2) is 4.98 Å². The predicted octanol–water partition coefficient (Wildman–Crippen LogP) is 4.89. The Morgan fingerprint density at radius 1 is 1.25 bits per heavy atom. The third-order valence-corrected chi connectivity index (χ3v) is 3.23. The minimum absolute atomic E-state index is 0.408. The molecule has 1 heterocycles. The molecule has 0 aliphatic heterocycles. The lowest BCUT2D eigenvalue weighted by molar-refractivity contribution is 0.463. The van der Waals surface area contributed by atoms with Gasteiger partial charge in [-0.1, -0.05) is 11.6 Å². The molecule has 0 saturated heterocycles. The maximum Gasteiger partial charge on any atom is 0.238 e. The summed E-state index contributed by atoms with van der Waals surface area (Å²) in [5.41, 5.74) is 0. The molecule has 1 aromatic carbocycles. The van der Waals surface area contributed by atoms with Gasteiger partial charge < -0.3 is 4.74 Å². The molecule has 0 radical (unpaired) electrons. The van der Waals surface area contributed by atoms with Gasteiger partial charge in [0.15, 0.2) is 0 Å². The monoisotopic (exact) mass is 409 g/mol. The van der Waals surface area contributed by atoms with Crippen LogP contribution < -0.4 is 4.74 Å². The molecule has 1 aromatic heterocycles. The molecule has 2 aromatic rings. The Labute approximate surface area is 120 Å². The van der Waals surface area contributed by atoms with E-state index in [0.29, 0.717) is 10.9 Å². The minimum atomic E-state index is 0.408. The van der Waals surface area contributed by atoms with Crippen LogP contribution >= 0.6 is 50.1 Å². The van der Waals surface area contributed by atoms with E-state index in [9.17, 15) is 0 Å². The number of hydrogen-bond acceptors (Lipinski definition) is 2. The Morgan fingerprint density at radius 2 is 1.94 bits per heavy atom. The van der Waals surface area contributed by atoms with Crippen molar-refractivity contribution in [2.75, 3.05) is 0 Å². The number of halogens is 3. The van der Waals surface area contributed by atoms with Gasteiger partial charge >= 0.3 is 0 Å². The molecule has 2 rings (SSSR count). The summed E-state index contributed by atoms with van der Waals surface area (Å²) >= 11 is 11.5. The van der Waals surface area contributed by atoms with Crippen molar-refractivity contribution in [3.63, 3.8) is 0 Å². The Kier molecular flexibility index (Phi) is 4.05. The summed E-state index contributed by atoms with van der Waals surface area (Å²) in [5, 5.41) is 0.480. The van der Waals surface area contributed by atoms with Crippen LogP contribution in [0.15, 0.2) is 41.0 Å². The van der Waals surface area contributed by atoms with Crippen molar-refractivity contribution in [2.45, 2.75) is 0 Å². The standard InChI is InChI=1S/C11H6BrClINO/c12-7-5-10(13)11(15-6-7)16-9-3-1-8(14)2-4-9/h1-6H. The van der Waals surface area contributed by atoms with E-state index in [1.165, 1.54) is 0 Å². The lowest BCUT2D eigenvalue weighted by Gasteiger charge is -2.06. The number of aromatic nitrogens is 1. The number of rotatable bonds is 2. The van der Waals surface area contributed by atoms with E-state index in [-0.39, 0.29) is 0 Å². The van der Waals surface area contributed by atoms with Crippen LogP contribution in [0.2, 0.25) is 5.02 Å². The average Bonchev–Trinajstić information content (AvgIpc) is 2.25. The molecule has 0 atom stereocenters. The molecule has 0 aliphatic carbocycles. The summed E-state index contributed by atoms with van der Waals surface area (Å²) in [6, 6.07) is 9.42. The highest BCUT2D eigenvalue weighted by Gasteiger charge is 2.05. The molecule has 0 spiro atoms. The van der Waals surface area contributed by atoms with Crippen LogP contribution in [0.1, 0.15) is 0 Å². The van der Waals surface area contributed by atoms with E-state index < -0.39 is 0 Å². The van der Waals surface area contributed by atoms with E-state index in [2.05, 4.69) is 43.5 Å². The van der Waals surface area contributed by atoms with E-state index >= 15 is 0 Å². The zero-order valence-corrected chi connectivity index (χ0v) is 12.5. The third kappa shape index (κ3) is 3.09. The van der Waals surface area contributed by atoms with Gasteiger partial charge in [-0.2, -0.15) is 0 Å². The fourth-order valence-electron chi connectivity index (χ4n) is 1.09. The van der Waals surface area contributed by atoms with Crippen LogP contribution in [0, 0.1) is 3.57 Å². The van der Waals surface area contributed by atoms with Gasteiger partial charge in [-0.3, -0.25) is 0 Å². The molecule has 0 unspecified atom stereocenters. The number of nitrogens with zero attached hydrogens (tertiary/aromatic N) is 1. The average molecular weight is 410 g/mol. The molecule has 0 saturated carbocycles. The molecular weight excluding hydrogens is 404 g/mol. The van der Waals surface area contributed by atoms with Crippen molar-refractivity contribution < 1.29 is 4.74 Å². The molecule has 0 bridgehead atoms. The number of hydrogen-bond donors (Lipinski definition) is 0. The van der Waals surface area contributed by atoms with E-state index in [1.54, 1.807) is 12.3 Å². The number of pyridine rings is 1. The SMILES string of the molecule is Clc1cc(Br)cnc1Oc1ccc(I)cc1. The van der Waals surface area contributed by atoms with Gasteiger partial charge in [0.05, 0.1) is 0 Å². The van der Waals surface area contributed by atoms with E-state index in [1.807, 2.05) is 24.3 Å². The lowest BCUT2D eigenvalue weighted by Crippen LogP contribution is -1.88. The quantitative estimate of drug-likeness (QED) is 0.658. The maximum atomic E-state index is 5.99. The van der Waals surface area contributed by atoms with Crippen molar-refractivity contribution >= 4 is 50.1 Å². The number of benzene rings is 1. The summed E-state index contributed by atoms with van der Waals surface area (Å²) in [5.74, 6) is 1.13. The van der Waals surface area contributed by atoms with Crippen molar-refractivity contribution in [1.82, 2.24) is 4.98 Å². The third-order valence-electron chi connectivity index (χ3n) is 1.80. The second kappa shape index (κ2) is 5.33. The van der Waals surface area contributed by atoms with E-state index in [4.69, 9.17) is 16.3 Å². The second-order valence-electron chi connectivity index (χ2n) is 3.00. The predicted molar refractivity (Wildman–Crippen MR) is 76.2 cm³/mol. The van der Waals surface area contributed by atoms with Crippen molar-refractivity contribution in [3.05, 3.63) is 49.6 Å². The molecular formula is C11H6BrClINO. The van der Waals surface area contributed by atoms with Gasteiger partial charge in [0, 0.05) is 14.2 Å². The lowest BCUT2D eigenvalue weighted by atomic mass is 10.3. The number of ether oxygens (including phenoxy) is 1. The molecule has 0 aliphatic rings. The molecule has 0 N–H and O–H groups in total. The highest BCUT2D eigenvalue weighted by atomic mass is 127. The second-order valence-corrected chi connectivity index (χ2v) is 5.57. The fourth-order valence-corrected chi connectivity index (χ4v) is 2.12. The van der Waals surface area contributed by atoms with Crippen LogP contribution in [0.4, 0.5) is 0 Å². The van der Waals surface area contributed by atoms with E-state index in [0.717, 1.165) is 13.8 Å². The largest absolute Gasteiger partial charge is 0.438 e. The Balaban J connectivity index is 2.23. The highest BCUT2D eigenvalue weighted by molar-refractivity contribution is 14.1. The zero-order valence-electron chi connectivity index (χ0n) is 7.95. The summed E-state index contributed by atoms with van der Waals surface area (Å²) in [4.78, 5) is 4.09. The summed E-state index contributed by atoms with van der Waals surface area (Å²) in [7, 11) is 0. The fraction of sp³-hybridized carbons (Fsp3) is 0. The highest BCUT2D eigenvalue weighted by Crippen LogP contribution is 2.29. The topological polar surface area (TPSA) is 22.1 Å². The van der Waals surface area contributed by atoms with Crippen LogP contribution in [0.25, 0.3) is 0 Å². The van der Waals surface area contributed by atoms with Crippen LogP contribution in [-0.2, 0) is 0 Å². The van der Waals surface area contributed by atoms with Crippen molar-refractivity contribution in [2.24, 2.45) is 0 Å². The van der Waals surface area contributed by atoms with Crippen LogP contribution in [-0.4, -0.2) is 4.98 Å². The summed E-state index contributed by atoms with van der Waals surface area (Å²) in [6.45, 7) is 0. The molecule has 2 nitrogen and oxygen atoms in total. The Bertz CT molecular complexity index is 504. The smallest absolute Gasteiger partial charge is 0.238 e. The first-order chi connectivity index (χ1) is 7.65. The van der Waals surface area contributed by atoms with Crippen LogP contribution in [0.5, 0.6) is 11.6 Å². The maximum absolute atomic E-state index is 5.99. The first-order valence-corrected chi connectivity index (χ1v) is 6.64. The van der Waals surface area contributed by atoms with Crippen LogP contribution in [0.3, 0.4) is 0 Å². The van der Waals surface area contributed by atoms with Gasteiger partial charge in [0.1, 0.15) is 10.8 Å². The molecule has 0 amide bonds. The molecule has 16 heavy (non-hydrogen) atoms. The Morgan fingerprint density at radius 3 is 2.56 bits per heavy atom. The molecule has 5 heteroatoms. The first kappa shape index (κ1) is 12.1. The molecule has 0 fully saturated rings. The summed E-state index contributed by atoms with van der Waals surface area (Å²) < 4.78 is 7.53. The van der Waals surface area contributed by atoms with Gasteiger partial charge in [-0.15, -0.1) is 0 Å². The van der Waals surface area contributed by atoms with Gasteiger partial charge in [0.2, 0.25) is 5.88 Å². The van der Waals surface area contributed by atoms with Gasteiger partial charge in [-0.05, 0) is 68.9 Å². The Hall–Kier alpha value is -0.330. The molecule has 82 valence electrons. The zero-order chi connectivity index (χ0) is 11.5. The first-order valence-electron chi connectivity index (χ1n) is 4.39. The minimum Gasteiger partial charge on any atom is -0.438 e. The normalized spacial score (nSPS) is 10.2. The van der Waals surface area contributed by atoms with Gasteiger partial charge in [0.25, 0.3) is 0 Å².